The lowest BCUT2D eigenvalue weighted by atomic mass is 10.2. The van der Waals surface area contributed by atoms with Crippen molar-refractivity contribution in [2.75, 3.05) is 11.2 Å². The van der Waals surface area contributed by atoms with Crippen LogP contribution in [0.15, 0.2) is 22.6 Å². The van der Waals surface area contributed by atoms with Gasteiger partial charge in [0.2, 0.25) is 5.89 Å². The molecule has 1 N–H and O–H groups in total. The largest absolute Gasteiger partial charge is 0.416 e. The zero-order valence-electron chi connectivity index (χ0n) is 9.84. The van der Waals surface area contributed by atoms with Gasteiger partial charge in [0.1, 0.15) is 0 Å². The number of nitrogens with one attached hydrogen (secondary N) is 1. The summed E-state index contributed by atoms with van der Waals surface area (Å²) in [4.78, 5) is 0. The van der Waals surface area contributed by atoms with Gasteiger partial charge in [0.25, 0.3) is 0 Å². The number of hydrogen-bond donors (Lipinski definition) is 1. The van der Waals surface area contributed by atoms with Gasteiger partial charge in [-0.2, -0.15) is 13.2 Å². The van der Waals surface area contributed by atoms with Crippen LogP contribution in [0.2, 0.25) is 5.02 Å². The quantitative estimate of drug-likeness (QED) is 0.853. The molecule has 0 unspecified atom stereocenters. The second-order valence-electron chi connectivity index (χ2n) is 3.76. The van der Waals surface area contributed by atoms with E-state index in [1.54, 1.807) is 0 Å². The normalized spacial score (nSPS) is 11.7. The number of aryl methyl sites for hydroxylation is 1. The molecule has 1 heterocycles. The maximum atomic E-state index is 12.5. The molecule has 0 fully saturated rings. The monoisotopic (exact) mass is 325 g/mol. The molecule has 0 saturated carbocycles. The van der Waals surface area contributed by atoms with Crippen molar-refractivity contribution in [2.24, 2.45) is 0 Å². The summed E-state index contributed by atoms with van der Waals surface area (Å²) in [7, 11) is 0. The fraction of sp³-hybridized carbons (Fsp3) is 0.273. The first kappa shape index (κ1) is 14.9. The highest BCUT2D eigenvalue weighted by Gasteiger charge is 2.30. The Morgan fingerprint density at radius 2 is 2.00 bits per heavy atom. The van der Waals surface area contributed by atoms with Gasteiger partial charge in [-0.1, -0.05) is 16.7 Å². The van der Waals surface area contributed by atoms with E-state index in [-0.39, 0.29) is 16.7 Å². The van der Waals surface area contributed by atoms with Gasteiger partial charge in [-0.05, 0) is 18.2 Å². The molecule has 0 amide bonds. The molecule has 0 aliphatic carbocycles. The van der Waals surface area contributed by atoms with Gasteiger partial charge in [-0.3, -0.25) is 0 Å². The van der Waals surface area contributed by atoms with Crippen molar-refractivity contribution >= 4 is 34.9 Å². The van der Waals surface area contributed by atoms with Crippen molar-refractivity contribution in [1.82, 2.24) is 10.2 Å². The molecule has 0 aliphatic rings. The van der Waals surface area contributed by atoms with Gasteiger partial charge >= 0.3 is 12.2 Å². The van der Waals surface area contributed by atoms with E-state index in [2.05, 4.69) is 15.5 Å². The molecule has 1 aromatic heterocycles. The third kappa shape index (κ3) is 3.55. The zero-order chi connectivity index (χ0) is 14.8. The lowest BCUT2D eigenvalue weighted by Gasteiger charge is -2.09. The van der Waals surface area contributed by atoms with E-state index in [9.17, 15) is 13.2 Å². The summed E-state index contributed by atoms with van der Waals surface area (Å²) < 4.78 is 42.6. The molecule has 0 spiro atoms. The van der Waals surface area contributed by atoms with Crippen LogP contribution in [-0.4, -0.2) is 16.1 Å². The molecule has 20 heavy (non-hydrogen) atoms. The minimum absolute atomic E-state index is 0.0341. The van der Waals surface area contributed by atoms with Crippen LogP contribution in [0, 0.1) is 0 Å². The molecule has 9 heteroatoms. The molecule has 1 aromatic carbocycles. The van der Waals surface area contributed by atoms with E-state index in [0.29, 0.717) is 18.2 Å². The molecular weight excluding hydrogens is 318 g/mol. The number of alkyl halides is 4. The summed E-state index contributed by atoms with van der Waals surface area (Å²) in [5, 5.41) is 9.92. The van der Waals surface area contributed by atoms with Gasteiger partial charge in [0, 0.05) is 12.3 Å². The van der Waals surface area contributed by atoms with E-state index < -0.39 is 11.7 Å². The zero-order valence-corrected chi connectivity index (χ0v) is 11.4. The van der Waals surface area contributed by atoms with Crippen LogP contribution in [0.25, 0.3) is 0 Å². The second kappa shape index (κ2) is 5.88. The lowest BCUT2D eigenvalue weighted by Crippen LogP contribution is -2.05. The van der Waals surface area contributed by atoms with Gasteiger partial charge in [-0.15, -0.1) is 16.7 Å². The predicted molar refractivity (Wildman–Crippen MR) is 68.5 cm³/mol. The number of anilines is 2. The Labute approximate surface area is 121 Å². The first-order valence-electron chi connectivity index (χ1n) is 5.42. The number of aromatic nitrogens is 2. The fourth-order valence-corrected chi connectivity index (χ4v) is 1.78. The SMILES string of the molecule is FC(F)(F)c1ccc(Nc2nnc(CCCl)o2)c(Cl)c1. The standard InChI is InChI=1S/C11H8Cl2F3N3O/c12-4-3-9-18-19-10(20-9)17-8-2-1-6(5-7(8)13)11(14,15)16/h1-2,5H,3-4H2,(H,17,19). The minimum atomic E-state index is -4.44. The number of nitrogens with zero attached hydrogens (tertiary/aromatic N) is 2. The van der Waals surface area contributed by atoms with Crippen LogP contribution < -0.4 is 5.32 Å². The highest BCUT2D eigenvalue weighted by molar-refractivity contribution is 6.33. The van der Waals surface area contributed by atoms with Crippen molar-refractivity contribution < 1.29 is 17.6 Å². The average molecular weight is 326 g/mol. The Kier molecular flexibility index (Phi) is 4.39. The maximum absolute atomic E-state index is 12.5. The van der Waals surface area contributed by atoms with Crippen LogP contribution in [-0.2, 0) is 12.6 Å². The van der Waals surface area contributed by atoms with Crippen molar-refractivity contribution in [3.8, 4) is 0 Å². The first-order chi connectivity index (χ1) is 9.40. The van der Waals surface area contributed by atoms with E-state index in [1.165, 1.54) is 6.07 Å². The molecule has 2 rings (SSSR count). The third-order valence-electron chi connectivity index (χ3n) is 2.31. The van der Waals surface area contributed by atoms with Gasteiger partial charge in [-0.25, -0.2) is 0 Å². The number of halogens is 5. The molecule has 2 aromatic rings. The summed E-state index contributed by atoms with van der Waals surface area (Å²) in [5.41, 5.74) is -0.595. The number of hydrogen-bond acceptors (Lipinski definition) is 4. The Morgan fingerprint density at radius 3 is 2.60 bits per heavy atom. The lowest BCUT2D eigenvalue weighted by molar-refractivity contribution is -0.137. The van der Waals surface area contributed by atoms with E-state index in [4.69, 9.17) is 27.6 Å². The Bertz CT molecular complexity index is 601. The van der Waals surface area contributed by atoms with E-state index >= 15 is 0 Å². The Morgan fingerprint density at radius 1 is 1.25 bits per heavy atom. The smallest absolute Gasteiger partial charge is 0.408 e. The van der Waals surface area contributed by atoms with Crippen molar-refractivity contribution in [3.05, 3.63) is 34.7 Å². The molecule has 0 atom stereocenters. The van der Waals surface area contributed by atoms with Crippen molar-refractivity contribution in [3.63, 3.8) is 0 Å². The maximum Gasteiger partial charge on any atom is 0.416 e. The highest BCUT2D eigenvalue weighted by Crippen LogP contribution is 2.34. The van der Waals surface area contributed by atoms with Gasteiger partial charge in [0.05, 0.1) is 16.3 Å². The topological polar surface area (TPSA) is 51.0 Å². The minimum Gasteiger partial charge on any atom is -0.408 e. The second-order valence-corrected chi connectivity index (χ2v) is 4.54. The van der Waals surface area contributed by atoms with E-state index in [0.717, 1.165) is 12.1 Å². The van der Waals surface area contributed by atoms with Crippen LogP contribution in [0.4, 0.5) is 24.9 Å². The molecule has 0 saturated heterocycles. The summed E-state index contributed by atoms with van der Waals surface area (Å²) in [6.07, 6.45) is -4.04. The third-order valence-corrected chi connectivity index (χ3v) is 2.81. The van der Waals surface area contributed by atoms with Gasteiger partial charge in [0.15, 0.2) is 0 Å². The molecule has 0 aliphatic heterocycles. The van der Waals surface area contributed by atoms with Crippen molar-refractivity contribution in [1.29, 1.82) is 0 Å². The molecule has 0 radical (unpaired) electrons. The Hall–Kier alpha value is -1.47. The average Bonchev–Trinajstić information content (AvgIpc) is 2.78. The summed E-state index contributed by atoms with van der Waals surface area (Å²) in [6, 6.07) is 2.95. The Balaban J connectivity index is 2.17. The molecule has 4 nitrogen and oxygen atoms in total. The van der Waals surface area contributed by atoms with E-state index in [1.807, 2.05) is 0 Å². The summed E-state index contributed by atoms with van der Waals surface area (Å²) in [5.74, 6) is 0.647. The summed E-state index contributed by atoms with van der Waals surface area (Å²) >= 11 is 11.3. The highest BCUT2D eigenvalue weighted by atomic mass is 35.5. The van der Waals surface area contributed by atoms with Crippen molar-refractivity contribution in [2.45, 2.75) is 12.6 Å². The predicted octanol–water partition coefficient (Wildman–Crippen LogP) is 4.27. The van der Waals surface area contributed by atoms with Crippen LogP contribution >= 0.6 is 23.2 Å². The van der Waals surface area contributed by atoms with Crippen LogP contribution in [0.1, 0.15) is 11.5 Å². The molecule has 0 bridgehead atoms. The molecule has 108 valence electrons. The number of benzene rings is 1. The summed E-state index contributed by atoms with van der Waals surface area (Å²) in [6.45, 7) is 0. The molecular formula is C11H8Cl2F3N3O. The van der Waals surface area contributed by atoms with Gasteiger partial charge < -0.3 is 9.73 Å². The fourth-order valence-electron chi connectivity index (χ4n) is 1.39. The van der Waals surface area contributed by atoms with Crippen LogP contribution in [0.3, 0.4) is 0 Å². The number of rotatable bonds is 4. The van der Waals surface area contributed by atoms with Crippen LogP contribution in [0.5, 0.6) is 0 Å². The first-order valence-corrected chi connectivity index (χ1v) is 6.33.